The van der Waals surface area contributed by atoms with Gasteiger partial charge in [0.1, 0.15) is 0 Å². The Labute approximate surface area is 120 Å². The van der Waals surface area contributed by atoms with Crippen LogP contribution in [-0.4, -0.2) is 29.8 Å². The summed E-state index contributed by atoms with van der Waals surface area (Å²) >= 11 is 0. The topological polar surface area (TPSA) is 49.4 Å². The number of nitrogens with one attached hydrogen (secondary N) is 1. The molecular formula is C16H22N2O2. The molecule has 1 aliphatic heterocycles. The third-order valence-corrected chi connectivity index (χ3v) is 3.96. The molecule has 108 valence electrons. The van der Waals surface area contributed by atoms with Gasteiger partial charge in [-0.3, -0.25) is 9.59 Å². The van der Waals surface area contributed by atoms with Crippen LogP contribution in [0, 0.1) is 5.92 Å². The molecule has 2 amide bonds. The fourth-order valence-corrected chi connectivity index (χ4v) is 2.34. The molecular weight excluding hydrogens is 252 g/mol. The molecule has 1 heterocycles. The molecule has 1 N–H and O–H groups in total. The average molecular weight is 274 g/mol. The molecule has 0 bridgehead atoms. The van der Waals surface area contributed by atoms with E-state index in [1.807, 2.05) is 30.9 Å². The molecule has 4 nitrogen and oxygen atoms in total. The molecule has 2 rings (SSSR count). The maximum Gasteiger partial charge on any atom is 0.242 e. The number of rotatable bonds is 4. The van der Waals surface area contributed by atoms with Crippen molar-refractivity contribution in [1.82, 2.24) is 10.2 Å². The third-order valence-electron chi connectivity index (χ3n) is 3.96. The first-order valence-electron chi connectivity index (χ1n) is 7.24. The number of fused-ring (bicyclic) bond motifs is 1. The lowest BCUT2D eigenvalue weighted by Crippen LogP contribution is -2.43. The SMILES string of the molecule is CC[C@@H](C)C(=O)NCC(=O)N1CCc2ccccc2C1. The molecule has 0 aromatic heterocycles. The summed E-state index contributed by atoms with van der Waals surface area (Å²) in [5, 5.41) is 2.72. The molecule has 1 aliphatic rings. The van der Waals surface area contributed by atoms with Crippen LogP contribution in [0.15, 0.2) is 24.3 Å². The summed E-state index contributed by atoms with van der Waals surface area (Å²) in [6.45, 7) is 5.32. The minimum Gasteiger partial charge on any atom is -0.347 e. The van der Waals surface area contributed by atoms with Crippen LogP contribution in [0.5, 0.6) is 0 Å². The molecule has 0 aliphatic carbocycles. The lowest BCUT2D eigenvalue weighted by molar-refractivity contribution is -0.134. The van der Waals surface area contributed by atoms with Crippen LogP contribution in [-0.2, 0) is 22.6 Å². The number of carbonyl (C=O) groups excluding carboxylic acids is 2. The van der Waals surface area contributed by atoms with Crippen LogP contribution in [0.2, 0.25) is 0 Å². The van der Waals surface area contributed by atoms with Gasteiger partial charge in [0.25, 0.3) is 0 Å². The van der Waals surface area contributed by atoms with Gasteiger partial charge < -0.3 is 10.2 Å². The zero-order valence-electron chi connectivity index (χ0n) is 12.2. The Morgan fingerprint density at radius 3 is 2.70 bits per heavy atom. The van der Waals surface area contributed by atoms with Crippen LogP contribution in [0.3, 0.4) is 0 Å². The summed E-state index contributed by atoms with van der Waals surface area (Å²) < 4.78 is 0. The molecule has 0 radical (unpaired) electrons. The third kappa shape index (κ3) is 3.38. The van der Waals surface area contributed by atoms with E-state index in [2.05, 4.69) is 17.4 Å². The van der Waals surface area contributed by atoms with E-state index in [0.717, 1.165) is 19.4 Å². The van der Waals surface area contributed by atoms with Crippen molar-refractivity contribution in [2.45, 2.75) is 33.2 Å². The first kappa shape index (κ1) is 14.6. The van der Waals surface area contributed by atoms with Crippen molar-refractivity contribution in [3.8, 4) is 0 Å². The number of hydrogen-bond acceptors (Lipinski definition) is 2. The minimum atomic E-state index is -0.0433. The smallest absolute Gasteiger partial charge is 0.242 e. The minimum absolute atomic E-state index is 0.00356. The van der Waals surface area contributed by atoms with Crippen molar-refractivity contribution >= 4 is 11.8 Å². The highest BCUT2D eigenvalue weighted by Crippen LogP contribution is 2.18. The van der Waals surface area contributed by atoms with Crippen molar-refractivity contribution in [3.63, 3.8) is 0 Å². The van der Waals surface area contributed by atoms with E-state index >= 15 is 0 Å². The first-order valence-corrected chi connectivity index (χ1v) is 7.24. The van der Waals surface area contributed by atoms with Crippen LogP contribution >= 0.6 is 0 Å². The van der Waals surface area contributed by atoms with E-state index in [0.29, 0.717) is 6.54 Å². The van der Waals surface area contributed by atoms with Crippen LogP contribution in [0.1, 0.15) is 31.4 Å². The Kier molecular flexibility index (Phi) is 4.77. The highest BCUT2D eigenvalue weighted by molar-refractivity contribution is 5.85. The van der Waals surface area contributed by atoms with Gasteiger partial charge in [0, 0.05) is 19.0 Å². The largest absolute Gasteiger partial charge is 0.347 e. The van der Waals surface area contributed by atoms with Crippen molar-refractivity contribution in [1.29, 1.82) is 0 Å². The lowest BCUT2D eigenvalue weighted by atomic mass is 10.00. The van der Waals surface area contributed by atoms with Gasteiger partial charge in [-0.2, -0.15) is 0 Å². The molecule has 1 aromatic rings. The van der Waals surface area contributed by atoms with Gasteiger partial charge >= 0.3 is 0 Å². The maximum absolute atomic E-state index is 12.1. The molecule has 0 saturated carbocycles. The van der Waals surface area contributed by atoms with Crippen molar-refractivity contribution in [2.75, 3.05) is 13.1 Å². The van der Waals surface area contributed by atoms with Crippen LogP contribution < -0.4 is 5.32 Å². The molecule has 4 heteroatoms. The van der Waals surface area contributed by atoms with Gasteiger partial charge in [-0.15, -0.1) is 0 Å². The molecule has 0 unspecified atom stereocenters. The van der Waals surface area contributed by atoms with Crippen molar-refractivity contribution < 1.29 is 9.59 Å². The molecule has 20 heavy (non-hydrogen) atoms. The van der Waals surface area contributed by atoms with Crippen molar-refractivity contribution in [2.24, 2.45) is 5.92 Å². The fraction of sp³-hybridized carbons (Fsp3) is 0.500. The Bertz CT molecular complexity index is 499. The second-order valence-electron chi connectivity index (χ2n) is 5.36. The van der Waals surface area contributed by atoms with Crippen LogP contribution in [0.25, 0.3) is 0 Å². The monoisotopic (exact) mass is 274 g/mol. The number of carbonyl (C=O) groups is 2. The van der Waals surface area contributed by atoms with Crippen molar-refractivity contribution in [3.05, 3.63) is 35.4 Å². The Hall–Kier alpha value is -1.84. The summed E-state index contributed by atoms with van der Waals surface area (Å²) in [7, 11) is 0. The molecule has 0 spiro atoms. The molecule has 0 saturated heterocycles. The second-order valence-corrected chi connectivity index (χ2v) is 5.36. The van der Waals surface area contributed by atoms with Gasteiger partial charge in [0.15, 0.2) is 0 Å². The zero-order chi connectivity index (χ0) is 14.5. The highest BCUT2D eigenvalue weighted by Gasteiger charge is 2.21. The predicted octanol–water partition coefficient (Wildman–Crippen LogP) is 1.73. The summed E-state index contributed by atoms with van der Waals surface area (Å²) in [5.74, 6) is -0.0840. The van der Waals surface area contributed by atoms with E-state index in [4.69, 9.17) is 0 Å². The molecule has 1 aromatic carbocycles. The predicted molar refractivity (Wildman–Crippen MR) is 78.0 cm³/mol. The quantitative estimate of drug-likeness (QED) is 0.909. The van der Waals surface area contributed by atoms with E-state index in [1.54, 1.807) is 0 Å². The van der Waals surface area contributed by atoms with Gasteiger partial charge in [-0.1, -0.05) is 38.1 Å². The van der Waals surface area contributed by atoms with E-state index in [1.165, 1.54) is 11.1 Å². The summed E-state index contributed by atoms with van der Waals surface area (Å²) in [6, 6.07) is 8.20. The average Bonchev–Trinajstić information content (AvgIpc) is 2.50. The number of hydrogen-bond donors (Lipinski definition) is 1. The van der Waals surface area contributed by atoms with Gasteiger partial charge in [-0.25, -0.2) is 0 Å². The molecule has 1 atom stereocenters. The summed E-state index contributed by atoms with van der Waals surface area (Å²) in [4.78, 5) is 25.6. The lowest BCUT2D eigenvalue weighted by Gasteiger charge is -2.29. The maximum atomic E-state index is 12.1. The van der Waals surface area contributed by atoms with Gasteiger partial charge in [-0.05, 0) is 24.0 Å². The zero-order valence-corrected chi connectivity index (χ0v) is 12.2. The van der Waals surface area contributed by atoms with E-state index in [-0.39, 0.29) is 24.3 Å². The summed E-state index contributed by atoms with van der Waals surface area (Å²) in [6.07, 6.45) is 1.68. The fourth-order valence-electron chi connectivity index (χ4n) is 2.34. The highest BCUT2D eigenvalue weighted by atomic mass is 16.2. The number of nitrogens with zero attached hydrogens (tertiary/aromatic N) is 1. The molecule has 0 fully saturated rings. The van der Waals surface area contributed by atoms with E-state index < -0.39 is 0 Å². The number of amides is 2. The standard InChI is InChI=1S/C16H22N2O2/c1-3-12(2)16(20)17-10-15(19)18-9-8-13-6-4-5-7-14(13)11-18/h4-7,12H,3,8-11H2,1-2H3,(H,17,20)/t12-/m1/s1. The Morgan fingerprint density at radius 2 is 2.00 bits per heavy atom. The van der Waals surface area contributed by atoms with Crippen LogP contribution in [0.4, 0.5) is 0 Å². The summed E-state index contributed by atoms with van der Waals surface area (Å²) in [5.41, 5.74) is 2.53. The Balaban J connectivity index is 1.87. The first-order chi connectivity index (χ1) is 9.61. The van der Waals surface area contributed by atoms with Gasteiger partial charge in [0.05, 0.1) is 6.54 Å². The van der Waals surface area contributed by atoms with E-state index in [9.17, 15) is 9.59 Å². The Morgan fingerprint density at radius 1 is 1.30 bits per heavy atom. The second kappa shape index (κ2) is 6.55. The van der Waals surface area contributed by atoms with Gasteiger partial charge in [0.2, 0.25) is 11.8 Å². The normalized spacial score (nSPS) is 15.4. The number of benzene rings is 1.